The monoisotopic (exact) mass is 283 g/mol. The fourth-order valence-electron chi connectivity index (χ4n) is 2.02. The fraction of sp³-hybridized carbons (Fsp3) is 0.278. The SMILES string of the molecule is CCCCCC(=O)Nc1ccccc1Oc1ccccc1. The molecule has 0 atom stereocenters. The minimum absolute atomic E-state index is 0.0348. The number of para-hydroxylation sites is 3. The molecule has 0 spiro atoms. The number of anilines is 1. The molecule has 1 N–H and O–H groups in total. The minimum atomic E-state index is 0.0348. The fourth-order valence-corrected chi connectivity index (χ4v) is 2.02. The van der Waals surface area contributed by atoms with Crippen LogP contribution < -0.4 is 10.1 Å². The summed E-state index contributed by atoms with van der Waals surface area (Å²) in [4.78, 5) is 11.9. The highest BCUT2D eigenvalue weighted by Crippen LogP contribution is 2.29. The van der Waals surface area contributed by atoms with Crippen LogP contribution in [0.5, 0.6) is 11.5 Å². The molecule has 0 aliphatic rings. The Morgan fingerprint density at radius 1 is 1.00 bits per heavy atom. The van der Waals surface area contributed by atoms with Crippen LogP contribution in [0.15, 0.2) is 54.6 Å². The third-order valence-electron chi connectivity index (χ3n) is 3.14. The van der Waals surface area contributed by atoms with E-state index in [0.29, 0.717) is 17.9 Å². The number of benzene rings is 2. The van der Waals surface area contributed by atoms with Crippen molar-refractivity contribution < 1.29 is 9.53 Å². The molecular weight excluding hydrogens is 262 g/mol. The van der Waals surface area contributed by atoms with Gasteiger partial charge in [0, 0.05) is 6.42 Å². The summed E-state index contributed by atoms with van der Waals surface area (Å²) < 4.78 is 5.82. The number of ether oxygens (including phenoxy) is 1. The lowest BCUT2D eigenvalue weighted by atomic mass is 10.2. The molecule has 0 fully saturated rings. The van der Waals surface area contributed by atoms with Crippen molar-refractivity contribution in [3.8, 4) is 11.5 Å². The lowest BCUT2D eigenvalue weighted by molar-refractivity contribution is -0.116. The van der Waals surface area contributed by atoms with E-state index in [1.807, 2.05) is 54.6 Å². The van der Waals surface area contributed by atoms with Crippen LogP contribution in [0, 0.1) is 0 Å². The van der Waals surface area contributed by atoms with E-state index in [0.717, 1.165) is 25.0 Å². The standard InChI is InChI=1S/C18H21NO2/c1-2-3-5-14-18(20)19-16-12-8-9-13-17(16)21-15-10-6-4-7-11-15/h4,6-13H,2-3,5,14H2,1H3,(H,19,20). The van der Waals surface area contributed by atoms with Crippen molar-refractivity contribution in [2.45, 2.75) is 32.6 Å². The zero-order valence-electron chi connectivity index (χ0n) is 12.3. The number of unbranched alkanes of at least 4 members (excludes halogenated alkanes) is 2. The van der Waals surface area contributed by atoms with Crippen LogP contribution in [0.1, 0.15) is 32.6 Å². The second-order valence-electron chi connectivity index (χ2n) is 4.92. The normalized spacial score (nSPS) is 10.1. The molecule has 21 heavy (non-hydrogen) atoms. The van der Waals surface area contributed by atoms with Gasteiger partial charge >= 0.3 is 0 Å². The first-order valence-corrected chi connectivity index (χ1v) is 7.41. The molecule has 0 bridgehead atoms. The van der Waals surface area contributed by atoms with Crippen LogP contribution in [0.2, 0.25) is 0 Å². The first-order valence-electron chi connectivity index (χ1n) is 7.41. The molecule has 0 aliphatic carbocycles. The van der Waals surface area contributed by atoms with Gasteiger partial charge in [0.1, 0.15) is 5.75 Å². The summed E-state index contributed by atoms with van der Waals surface area (Å²) in [7, 11) is 0. The first-order chi connectivity index (χ1) is 10.3. The lowest BCUT2D eigenvalue weighted by Gasteiger charge is -2.12. The van der Waals surface area contributed by atoms with E-state index in [1.165, 1.54) is 0 Å². The van der Waals surface area contributed by atoms with Crippen LogP contribution in [0.4, 0.5) is 5.69 Å². The van der Waals surface area contributed by atoms with Gasteiger partial charge in [-0.2, -0.15) is 0 Å². The van der Waals surface area contributed by atoms with Crippen LogP contribution in [-0.2, 0) is 4.79 Å². The maximum atomic E-state index is 11.9. The third-order valence-corrected chi connectivity index (χ3v) is 3.14. The summed E-state index contributed by atoms with van der Waals surface area (Å²) in [5.74, 6) is 1.45. The quantitative estimate of drug-likeness (QED) is 0.726. The Hall–Kier alpha value is -2.29. The molecule has 0 unspecified atom stereocenters. The molecule has 110 valence electrons. The van der Waals surface area contributed by atoms with Crippen molar-refractivity contribution in [2.75, 3.05) is 5.32 Å². The van der Waals surface area contributed by atoms with Gasteiger partial charge in [-0.25, -0.2) is 0 Å². The highest BCUT2D eigenvalue weighted by Gasteiger charge is 2.08. The molecule has 0 radical (unpaired) electrons. The van der Waals surface area contributed by atoms with E-state index in [2.05, 4.69) is 12.2 Å². The van der Waals surface area contributed by atoms with Crippen molar-refractivity contribution in [3.63, 3.8) is 0 Å². The lowest BCUT2D eigenvalue weighted by Crippen LogP contribution is -2.11. The summed E-state index contributed by atoms with van der Waals surface area (Å²) in [6.07, 6.45) is 3.66. The summed E-state index contributed by atoms with van der Waals surface area (Å²) in [6, 6.07) is 17.0. The predicted molar refractivity (Wildman–Crippen MR) is 85.7 cm³/mol. The number of hydrogen-bond donors (Lipinski definition) is 1. The van der Waals surface area contributed by atoms with Crippen LogP contribution in [0.25, 0.3) is 0 Å². The summed E-state index contributed by atoms with van der Waals surface area (Å²) in [5.41, 5.74) is 0.711. The topological polar surface area (TPSA) is 38.3 Å². The molecule has 3 nitrogen and oxygen atoms in total. The molecule has 0 saturated heterocycles. The molecule has 0 heterocycles. The van der Waals surface area contributed by atoms with Gasteiger partial charge in [-0.15, -0.1) is 0 Å². The molecule has 3 heteroatoms. The number of carbonyl (C=O) groups excluding carboxylic acids is 1. The molecule has 1 amide bonds. The number of amides is 1. The van der Waals surface area contributed by atoms with Gasteiger partial charge in [-0.1, -0.05) is 50.1 Å². The van der Waals surface area contributed by atoms with Gasteiger partial charge in [0.05, 0.1) is 5.69 Å². The third kappa shape index (κ3) is 4.95. The highest BCUT2D eigenvalue weighted by molar-refractivity contribution is 5.92. The van der Waals surface area contributed by atoms with E-state index in [9.17, 15) is 4.79 Å². The molecule has 2 aromatic carbocycles. The number of rotatable bonds is 7. The Labute approximate surface area is 126 Å². The summed E-state index contributed by atoms with van der Waals surface area (Å²) >= 11 is 0. The van der Waals surface area contributed by atoms with E-state index in [4.69, 9.17) is 4.74 Å². The van der Waals surface area contributed by atoms with E-state index in [-0.39, 0.29) is 5.91 Å². The Morgan fingerprint density at radius 2 is 1.71 bits per heavy atom. The molecular formula is C18H21NO2. The number of carbonyl (C=O) groups is 1. The maximum absolute atomic E-state index is 11.9. The predicted octanol–water partition coefficient (Wildman–Crippen LogP) is 5.00. The van der Waals surface area contributed by atoms with Crippen LogP contribution in [-0.4, -0.2) is 5.91 Å². The Balaban J connectivity index is 2.01. The van der Waals surface area contributed by atoms with Crippen molar-refractivity contribution in [3.05, 3.63) is 54.6 Å². The zero-order chi connectivity index (χ0) is 14.9. The maximum Gasteiger partial charge on any atom is 0.224 e. The van der Waals surface area contributed by atoms with E-state index < -0.39 is 0 Å². The van der Waals surface area contributed by atoms with Gasteiger partial charge in [0.2, 0.25) is 5.91 Å². The average molecular weight is 283 g/mol. The van der Waals surface area contributed by atoms with Gasteiger partial charge in [0.25, 0.3) is 0 Å². The Bertz CT molecular complexity index is 566. The first kappa shape index (κ1) is 15.1. The zero-order valence-corrected chi connectivity index (χ0v) is 12.3. The van der Waals surface area contributed by atoms with Crippen molar-refractivity contribution in [2.24, 2.45) is 0 Å². The van der Waals surface area contributed by atoms with Crippen molar-refractivity contribution in [1.29, 1.82) is 0 Å². The smallest absolute Gasteiger partial charge is 0.224 e. The van der Waals surface area contributed by atoms with E-state index in [1.54, 1.807) is 0 Å². The van der Waals surface area contributed by atoms with Crippen LogP contribution >= 0.6 is 0 Å². The Morgan fingerprint density at radius 3 is 2.48 bits per heavy atom. The average Bonchev–Trinajstić information content (AvgIpc) is 2.51. The van der Waals surface area contributed by atoms with Gasteiger partial charge in [-0.05, 0) is 30.7 Å². The van der Waals surface area contributed by atoms with Crippen LogP contribution in [0.3, 0.4) is 0 Å². The molecule has 0 saturated carbocycles. The van der Waals surface area contributed by atoms with Crippen molar-refractivity contribution in [1.82, 2.24) is 0 Å². The van der Waals surface area contributed by atoms with Gasteiger partial charge in [0.15, 0.2) is 5.75 Å². The second-order valence-corrected chi connectivity index (χ2v) is 4.92. The summed E-state index contributed by atoms with van der Waals surface area (Å²) in [5, 5.41) is 2.93. The van der Waals surface area contributed by atoms with Gasteiger partial charge in [-0.3, -0.25) is 4.79 Å². The molecule has 0 aromatic heterocycles. The number of nitrogens with one attached hydrogen (secondary N) is 1. The molecule has 0 aliphatic heterocycles. The largest absolute Gasteiger partial charge is 0.455 e. The van der Waals surface area contributed by atoms with Crippen molar-refractivity contribution >= 4 is 11.6 Å². The molecule has 2 aromatic rings. The summed E-state index contributed by atoms with van der Waals surface area (Å²) in [6.45, 7) is 2.13. The highest BCUT2D eigenvalue weighted by atomic mass is 16.5. The minimum Gasteiger partial charge on any atom is -0.455 e. The molecule has 2 rings (SSSR count). The second kappa shape index (κ2) is 8.10. The number of hydrogen-bond acceptors (Lipinski definition) is 2. The van der Waals surface area contributed by atoms with Gasteiger partial charge < -0.3 is 10.1 Å². The van der Waals surface area contributed by atoms with E-state index >= 15 is 0 Å². The Kier molecular flexibility index (Phi) is 5.83.